The Morgan fingerprint density at radius 1 is 1.14 bits per heavy atom. The third-order valence-corrected chi connectivity index (χ3v) is 4.25. The molecule has 3 rings (SSSR count). The minimum absolute atomic E-state index is 0.287. The topological polar surface area (TPSA) is 17.8 Å². The molecule has 0 unspecified atom stereocenters. The van der Waals surface area contributed by atoms with E-state index in [-0.39, 0.29) is 5.82 Å². The molecule has 3 aromatic rings. The second-order valence-corrected chi connectivity index (χ2v) is 6.27. The maximum absolute atomic E-state index is 13.4. The number of benzene rings is 2. The molecule has 0 amide bonds. The third kappa shape index (κ3) is 3.27. The molecule has 0 fully saturated rings. The first-order valence-electron chi connectivity index (χ1n) is 6.34. The van der Waals surface area contributed by atoms with Crippen LogP contribution >= 0.6 is 34.2 Å². The molecule has 0 aliphatic rings. The van der Waals surface area contributed by atoms with E-state index < -0.39 is 0 Å². The monoisotopic (exact) mass is 412 g/mol. The van der Waals surface area contributed by atoms with Gasteiger partial charge in [0.1, 0.15) is 11.6 Å². The van der Waals surface area contributed by atoms with Gasteiger partial charge in [0.2, 0.25) is 0 Å². The Bertz CT molecular complexity index is 768. The van der Waals surface area contributed by atoms with Crippen molar-refractivity contribution < 1.29 is 4.39 Å². The summed E-state index contributed by atoms with van der Waals surface area (Å²) in [5.74, 6) is 0.553. The van der Waals surface area contributed by atoms with Crippen LogP contribution in [-0.4, -0.2) is 9.55 Å². The molecule has 21 heavy (non-hydrogen) atoms. The van der Waals surface area contributed by atoms with Gasteiger partial charge in [-0.3, -0.25) is 0 Å². The molecule has 0 radical (unpaired) electrons. The molecular formula is C16H11ClFIN2. The van der Waals surface area contributed by atoms with Gasteiger partial charge in [-0.2, -0.15) is 0 Å². The smallest absolute Gasteiger partial charge is 0.140 e. The van der Waals surface area contributed by atoms with Crippen LogP contribution in [0, 0.1) is 9.39 Å². The van der Waals surface area contributed by atoms with Gasteiger partial charge in [0.05, 0.1) is 6.54 Å². The Morgan fingerprint density at radius 2 is 1.90 bits per heavy atom. The predicted octanol–water partition coefficient (Wildman–Crippen LogP) is 5.00. The molecule has 0 N–H and O–H groups in total. The molecule has 0 atom stereocenters. The Balaban J connectivity index is 1.96. The van der Waals surface area contributed by atoms with Gasteiger partial charge >= 0.3 is 0 Å². The summed E-state index contributed by atoms with van der Waals surface area (Å²) in [5.41, 5.74) is 1.76. The number of nitrogens with zero attached hydrogens (tertiary/aromatic N) is 2. The number of hydrogen-bond acceptors (Lipinski definition) is 1. The van der Waals surface area contributed by atoms with Crippen molar-refractivity contribution in [1.82, 2.24) is 9.55 Å². The third-order valence-electron chi connectivity index (χ3n) is 3.17. The average Bonchev–Trinajstić information content (AvgIpc) is 2.92. The Kier molecular flexibility index (Phi) is 4.26. The molecule has 0 aliphatic carbocycles. The Labute approximate surface area is 140 Å². The van der Waals surface area contributed by atoms with E-state index in [1.807, 2.05) is 35.0 Å². The Hall–Kier alpha value is -1.40. The van der Waals surface area contributed by atoms with Gasteiger partial charge in [0.15, 0.2) is 0 Å². The molecule has 0 aliphatic heterocycles. The lowest BCUT2D eigenvalue weighted by molar-refractivity contribution is 0.623. The number of aromatic nitrogens is 2. The second kappa shape index (κ2) is 6.15. The molecule has 0 saturated carbocycles. The number of hydrogen-bond donors (Lipinski definition) is 0. The predicted molar refractivity (Wildman–Crippen MR) is 90.9 cm³/mol. The molecule has 5 heteroatoms. The summed E-state index contributed by atoms with van der Waals surface area (Å²) in [4.78, 5) is 4.39. The zero-order chi connectivity index (χ0) is 14.8. The highest BCUT2D eigenvalue weighted by atomic mass is 127. The number of rotatable bonds is 3. The largest absolute Gasteiger partial charge is 0.327 e. The lowest BCUT2D eigenvalue weighted by Gasteiger charge is -2.10. The van der Waals surface area contributed by atoms with Crippen LogP contribution in [-0.2, 0) is 6.54 Å². The Morgan fingerprint density at radius 3 is 2.67 bits per heavy atom. The van der Waals surface area contributed by atoms with E-state index in [0.717, 1.165) is 17.0 Å². The van der Waals surface area contributed by atoms with Gasteiger partial charge in [-0.1, -0.05) is 23.7 Å². The van der Waals surface area contributed by atoms with Gasteiger partial charge in [-0.25, -0.2) is 9.37 Å². The molecule has 106 valence electrons. The molecule has 2 nitrogen and oxygen atoms in total. The SMILES string of the molecule is Fc1ccc(Cl)c(Cn2ccnc2-c2ccc(I)cc2)c1. The van der Waals surface area contributed by atoms with Crippen LogP contribution in [0.1, 0.15) is 5.56 Å². The normalized spacial score (nSPS) is 10.8. The second-order valence-electron chi connectivity index (χ2n) is 4.62. The van der Waals surface area contributed by atoms with E-state index >= 15 is 0 Å². The first-order valence-corrected chi connectivity index (χ1v) is 7.80. The van der Waals surface area contributed by atoms with Gasteiger partial charge < -0.3 is 4.57 Å². The van der Waals surface area contributed by atoms with Crippen molar-refractivity contribution in [2.45, 2.75) is 6.54 Å². The molecule has 1 aromatic heterocycles. The van der Waals surface area contributed by atoms with Gasteiger partial charge in [-0.15, -0.1) is 0 Å². The summed E-state index contributed by atoms with van der Waals surface area (Å²) in [7, 11) is 0. The number of imidazole rings is 1. The van der Waals surface area contributed by atoms with E-state index in [9.17, 15) is 4.39 Å². The summed E-state index contributed by atoms with van der Waals surface area (Å²) in [6.45, 7) is 0.484. The maximum Gasteiger partial charge on any atom is 0.140 e. The zero-order valence-electron chi connectivity index (χ0n) is 10.9. The van der Waals surface area contributed by atoms with Crippen molar-refractivity contribution in [1.29, 1.82) is 0 Å². The van der Waals surface area contributed by atoms with Gasteiger partial charge in [-0.05, 0) is 58.5 Å². The highest BCUT2D eigenvalue weighted by Gasteiger charge is 2.09. The maximum atomic E-state index is 13.4. The van der Waals surface area contributed by atoms with Crippen LogP contribution in [0.4, 0.5) is 4.39 Å². The molecule has 1 heterocycles. The van der Waals surface area contributed by atoms with Gasteiger partial charge in [0.25, 0.3) is 0 Å². The highest BCUT2D eigenvalue weighted by molar-refractivity contribution is 14.1. The van der Waals surface area contributed by atoms with E-state index in [1.54, 1.807) is 12.3 Å². The summed E-state index contributed by atoms with van der Waals surface area (Å²) in [5, 5.41) is 0.554. The van der Waals surface area contributed by atoms with Crippen LogP contribution in [0.3, 0.4) is 0 Å². The average molecular weight is 413 g/mol. The lowest BCUT2D eigenvalue weighted by Crippen LogP contribution is -2.02. The van der Waals surface area contributed by atoms with E-state index in [4.69, 9.17) is 11.6 Å². The van der Waals surface area contributed by atoms with Crippen LogP contribution in [0.2, 0.25) is 5.02 Å². The van der Waals surface area contributed by atoms with Gasteiger partial charge in [0, 0.05) is 26.5 Å². The van der Waals surface area contributed by atoms with Crippen molar-refractivity contribution in [2.75, 3.05) is 0 Å². The van der Waals surface area contributed by atoms with Crippen LogP contribution in [0.5, 0.6) is 0 Å². The molecule has 0 spiro atoms. The van der Waals surface area contributed by atoms with E-state index in [0.29, 0.717) is 11.6 Å². The standard InChI is InChI=1S/C16H11ClFIN2/c17-15-6-3-13(18)9-12(15)10-21-8-7-20-16(21)11-1-4-14(19)5-2-11/h1-9H,10H2. The van der Waals surface area contributed by atoms with Crippen molar-refractivity contribution in [3.05, 3.63) is 74.8 Å². The highest BCUT2D eigenvalue weighted by Crippen LogP contribution is 2.23. The quantitative estimate of drug-likeness (QED) is 0.554. The first kappa shape index (κ1) is 14.5. The van der Waals surface area contributed by atoms with Crippen LogP contribution in [0.15, 0.2) is 54.9 Å². The van der Waals surface area contributed by atoms with Crippen molar-refractivity contribution in [2.24, 2.45) is 0 Å². The molecule has 0 bridgehead atoms. The fourth-order valence-electron chi connectivity index (χ4n) is 2.14. The minimum atomic E-state index is -0.287. The zero-order valence-corrected chi connectivity index (χ0v) is 13.8. The lowest BCUT2D eigenvalue weighted by atomic mass is 10.2. The fourth-order valence-corrected chi connectivity index (χ4v) is 2.68. The van der Waals surface area contributed by atoms with E-state index in [2.05, 4.69) is 27.6 Å². The molecular weight excluding hydrogens is 402 g/mol. The van der Waals surface area contributed by atoms with Crippen molar-refractivity contribution in [3.63, 3.8) is 0 Å². The summed E-state index contributed by atoms with van der Waals surface area (Å²) >= 11 is 8.39. The molecule has 0 saturated heterocycles. The first-order chi connectivity index (χ1) is 10.1. The fraction of sp³-hybridized carbons (Fsp3) is 0.0625. The van der Waals surface area contributed by atoms with Crippen molar-refractivity contribution >= 4 is 34.2 Å². The van der Waals surface area contributed by atoms with Crippen LogP contribution in [0.25, 0.3) is 11.4 Å². The summed E-state index contributed by atoms with van der Waals surface area (Å²) in [6.07, 6.45) is 3.61. The summed E-state index contributed by atoms with van der Waals surface area (Å²) in [6, 6.07) is 12.5. The molecule has 2 aromatic carbocycles. The van der Waals surface area contributed by atoms with Crippen molar-refractivity contribution in [3.8, 4) is 11.4 Å². The van der Waals surface area contributed by atoms with Crippen LogP contribution < -0.4 is 0 Å². The number of halogens is 3. The minimum Gasteiger partial charge on any atom is -0.327 e. The summed E-state index contributed by atoms with van der Waals surface area (Å²) < 4.78 is 16.5. The van der Waals surface area contributed by atoms with E-state index in [1.165, 1.54) is 15.7 Å².